The SMILES string of the molecule is CN1CCC2(CC1)C1CN(C)CCC1=C(C#N)C(=N)C2(C#N)C#N. The highest BCUT2D eigenvalue weighted by Crippen LogP contribution is 2.60. The van der Waals surface area contributed by atoms with E-state index in [1.165, 1.54) is 0 Å². The molecule has 6 heteroatoms. The molecule has 1 aliphatic carbocycles. The summed E-state index contributed by atoms with van der Waals surface area (Å²) >= 11 is 0. The van der Waals surface area contributed by atoms with Gasteiger partial charge in [-0.25, -0.2) is 0 Å². The zero-order chi connectivity index (χ0) is 17.5. The number of rotatable bonds is 0. The summed E-state index contributed by atoms with van der Waals surface area (Å²) in [6, 6.07) is 6.54. The number of fused-ring (bicyclic) bond motifs is 2. The molecule has 6 nitrogen and oxygen atoms in total. The molecule has 0 aromatic carbocycles. The van der Waals surface area contributed by atoms with E-state index < -0.39 is 10.8 Å². The summed E-state index contributed by atoms with van der Waals surface area (Å²) in [6.45, 7) is 3.23. The molecule has 0 radical (unpaired) electrons. The Morgan fingerprint density at radius 3 is 2.21 bits per heavy atom. The molecule has 0 saturated carbocycles. The van der Waals surface area contributed by atoms with Crippen molar-refractivity contribution >= 4 is 5.71 Å². The quantitative estimate of drug-likeness (QED) is 0.729. The first kappa shape index (κ1) is 16.7. The Kier molecular flexibility index (Phi) is 3.96. The first-order valence-electron chi connectivity index (χ1n) is 8.38. The number of allylic oxidation sites excluding steroid dienone is 1. The fraction of sp³-hybridized carbons (Fsp3) is 0.667. The van der Waals surface area contributed by atoms with Crippen LogP contribution >= 0.6 is 0 Å². The van der Waals surface area contributed by atoms with Gasteiger partial charge in [-0.1, -0.05) is 0 Å². The number of nitrogens with zero attached hydrogens (tertiary/aromatic N) is 5. The Hall–Kier alpha value is -2.20. The molecule has 24 heavy (non-hydrogen) atoms. The van der Waals surface area contributed by atoms with E-state index in [0.717, 1.165) is 38.2 Å². The zero-order valence-corrected chi connectivity index (χ0v) is 14.3. The van der Waals surface area contributed by atoms with E-state index in [0.29, 0.717) is 18.4 Å². The third kappa shape index (κ3) is 1.96. The van der Waals surface area contributed by atoms with Crippen molar-refractivity contribution in [3.05, 3.63) is 11.1 Å². The molecule has 1 unspecified atom stereocenters. The fourth-order valence-electron chi connectivity index (χ4n) is 4.89. The molecule has 0 bridgehead atoms. The van der Waals surface area contributed by atoms with Crippen LogP contribution in [0.25, 0.3) is 0 Å². The van der Waals surface area contributed by atoms with Crippen LogP contribution in [0.15, 0.2) is 11.1 Å². The molecule has 2 aliphatic heterocycles. The maximum Gasteiger partial charge on any atom is 0.192 e. The molecule has 0 aromatic rings. The summed E-state index contributed by atoms with van der Waals surface area (Å²) in [7, 11) is 4.09. The van der Waals surface area contributed by atoms with Crippen LogP contribution in [0, 0.1) is 56.2 Å². The summed E-state index contributed by atoms with van der Waals surface area (Å²) in [5, 5.41) is 38.2. The van der Waals surface area contributed by atoms with Crippen LogP contribution in [0.3, 0.4) is 0 Å². The zero-order valence-electron chi connectivity index (χ0n) is 14.3. The largest absolute Gasteiger partial charge is 0.306 e. The van der Waals surface area contributed by atoms with Gasteiger partial charge < -0.3 is 15.2 Å². The molecule has 1 atom stereocenters. The molecule has 2 heterocycles. The van der Waals surface area contributed by atoms with Crippen LogP contribution < -0.4 is 0 Å². The fourth-order valence-corrected chi connectivity index (χ4v) is 4.89. The second-order valence-electron chi connectivity index (χ2n) is 7.38. The van der Waals surface area contributed by atoms with Crippen LogP contribution in [-0.4, -0.2) is 55.8 Å². The molecule has 3 aliphatic rings. The van der Waals surface area contributed by atoms with Gasteiger partial charge in [0.2, 0.25) is 0 Å². The lowest BCUT2D eigenvalue weighted by Crippen LogP contribution is -2.61. The number of likely N-dealkylation sites (tertiary alicyclic amines) is 2. The van der Waals surface area contributed by atoms with Gasteiger partial charge in [0, 0.05) is 24.4 Å². The molecule has 3 rings (SSSR count). The minimum Gasteiger partial charge on any atom is -0.306 e. The highest BCUT2D eigenvalue weighted by Gasteiger charge is 2.64. The van der Waals surface area contributed by atoms with Crippen molar-refractivity contribution < 1.29 is 0 Å². The standard InChI is InChI=1S/C18H22N6/c1-23-7-4-17(5-8-23)15-10-24(2)6-3-13(15)14(9-19)16(22)18(17,11-20)12-21/h15,22H,3-8,10H2,1-2H3. The smallest absolute Gasteiger partial charge is 0.192 e. The van der Waals surface area contributed by atoms with Gasteiger partial charge >= 0.3 is 0 Å². The Balaban J connectivity index is 2.26. The van der Waals surface area contributed by atoms with Crippen molar-refractivity contribution in [1.29, 1.82) is 21.2 Å². The molecule has 2 saturated heterocycles. The third-order valence-corrected chi connectivity index (χ3v) is 6.36. The topological polar surface area (TPSA) is 102 Å². The minimum atomic E-state index is -1.52. The van der Waals surface area contributed by atoms with Crippen molar-refractivity contribution in [2.45, 2.75) is 19.3 Å². The van der Waals surface area contributed by atoms with Gasteiger partial charge in [0.15, 0.2) is 5.41 Å². The van der Waals surface area contributed by atoms with Crippen LogP contribution in [0.1, 0.15) is 19.3 Å². The number of hydrogen-bond acceptors (Lipinski definition) is 6. The molecule has 0 aromatic heterocycles. The lowest BCUT2D eigenvalue weighted by atomic mass is 9.46. The molecule has 124 valence electrons. The highest BCUT2D eigenvalue weighted by atomic mass is 15.1. The summed E-state index contributed by atoms with van der Waals surface area (Å²) in [4.78, 5) is 4.43. The lowest BCUT2D eigenvalue weighted by molar-refractivity contribution is 0.00477. The van der Waals surface area contributed by atoms with Gasteiger partial charge in [0.25, 0.3) is 0 Å². The number of nitriles is 3. The third-order valence-electron chi connectivity index (χ3n) is 6.36. The molecule has 1 spiro atoms. The van der Waals surface area contributed by atoms with Gasteiger partial charge in [0.05, 0.1) is 23.4 Å². The van der Waals surface area contributed by atoms with E-state index in [9.17, 15) is 15.8 Å². The van der Waals surface area contributed by atoms with Crippen molar-refractivity contribution in [1.82, 2.24) is 9.80 Å². The summed E-state index contributed by atoms with van der Waals surface area (Å²) in [5.74, 6) is 0.00741. The van der Waals surface area contributed by atoms with Crippen LogP contribution in [-0.2, 0) is 0 Å². The Labute approximate surface area is 143 Å². The Morgan fingerprint density at radius 1 is 1.04 bits per heavy atom. The van der Waals surface area contributed by atoms with E-state index >= 15 is 0 Å². The first-order valence-corrected chi connectivity index (χ1v) is 8.38. The summed E-state index contributed by atoms with van der Waals surface area (Å²) in [5.41, 5.74) is -0.849. The number of piperidine rings is 2. The average molecular weight is 322 g/mol. The molecular weight excluding hydrogens is 300 g/mol. The monoisotopic (exact) mass is 322 g/mol. The molecule has 1 N–H and O–H groups in total. The Morgan fingerprint density at radius 2 is 1.67 bits per heavy atom. The molecular formula is C18H22N6. The van der Waals surface area contributed by atoms with E-state index in [4.69, 9.17) is 5.41 Å². The van der Waals surface area contributed by atoms with E-state index in [1.807, 2.05) is 14.1 Å². The highest BCUT2D eigenvalue weighted by molar-refractivity contribution is 6.11. The van der Waals surface area contributed by atoms with Crippen molar-refractivity contribution in [2.75, 3.05) is 40.3 Å². The van der Waals surface area contributed by atoms with E-state index in [2.05, 4.69) is 28.0 Å². The molecule has 2 fully saturated rings. The minimum absolute atomic E-state index is 0.00741. The maximum atomic E-state index is 9.99. The second kappa shape index (κ2) is 5.71. The van der Waals surface area contributed by atoms with Gasteiger partial charge in [-0.2, -0.15) is 15.8 Å². The average Bonchev–Trinajstić information content (AvgIpc) is 2.59. The Bertz CT molecular complexity index is 706. The predicted molar refractivity (Wildman–Crippen MR) is 88.8 cm³/mol. The second-order valence-corrected chi connectivity index (χ2v) is 7.38. The van der Waals surface area contributed by atoms with Crippen LogP contribution in [0.5, 0.6) is 0 Å². The van der Waals surface area contributed by atoms with Crippen LogP contribution in [0.2, 0.25) is 0 Å². The summed E-state index contributed by atoms with van der Waals surface area (Å²) in [6.07, 6.45) is 2.18. The van der Waals surface area contributed by atoms with Crippen molar-refractivity contribution in [2.24, 2.45) is 16.7 Å². The van der Waals surface area contributed by atoms with Crippen LogP contribution in [0.4, 0.5) is 0 Å². The van der Waals surface area contributed by atoms with E-state index in [-0.39, 0.29) is 11.6 Å². The lowest BCUT2D eigenvalue weighted by Gasteiger charge is -2.57. The van der Waals surface area contributed by atoms with Gasteiger partial charge in [-0.15, -0.1) is 0 Å². The normalized spacial score (nSPS) is 29.5. The number of nitrogens with one attached hydrogen (secondary N) is 1. The summed E-state index contributed by atoms with van der Waals surface area (Å²) < 4.78 is 0. The molecule has 0 amide bonds. The van der Waals surface area contributed by atoms with Gasteiger partial charge in [-0.05, 0) is 52.0 Å². The van der Waals surface area contributed by atoms with Crippen molar-refractivity contribution in [3.8, 4) is 18.2 Å². The predicted octanol–water partition coefficient (Wildman–Crippen LogP) is 1.54. The first-order chi connectivity index (χ1) is 11.5. The maximum absolute atomic E-state index is 9.99. The van der Waals surface area contributed by atoms with Gasteiger partial charge in [-0.3, -0.25) is 0 Å². The van der Waals surface area contributed by atoms with E-state index in [1.54, 1.807) is 0 Å². The van der Waals surface area contributed by atoms with Crippen molar-refractivity contribution in [3.63, 3.8) is 0 Å². The number of hydrogen-bond donors (Lipinski definition) is 1. The van der Waals surface area contributed by atoms with Gasteiger partial charge in [0.1, 0.15) is 6.07 Å².